The number of allylic oxidation sites excluding steroid dienone is 1. The van der Waals surface area contributed by atoms with E-state index in [-0.39, 0.29) is 17.6 Å². The molecule has 0 radical (unpaired) electrons. The molecule has 0 bridgehead atoms. The number of ether oxygens (including phenoxy) is 2. The molecular formula is C27H44O5. The van der Waals surface area contributed by atoms with E-state index in [9.17, 15) is 15.3 Å². The van der Waals surface area contributed by atoms with Gasteiger partial charge in [-0.15, -0.1) is 0 Å². The predicted octanol–water partition coefficient (Wildman–Crippen LogP) is 4.05. The lowest BCUT2D eigenvalue weighted by Crippen LogP contribution is -2.66. The van der Waals surface area contributed by atoms with Crippen molar-refractivity contribution in [2.45, 2.75) is 103 Å². The third-order valence-electron chi connectivity index (χ3n) is 10.8. The molecule has 1 heterocycles. The van der Waals surface area contributed by atoms with E-state index in [1.165, 1.54) is 19.3 Å². The summed E-state index contributed by atoms with van der Waals surface area (Å²) in [7, 11) is 0. The molecule has 2 unspecified atom stereocenters. The molecule has 0 aromatic heterocycles. The second-order valence-electron chi connectivity index (χ2n) is 12.3. The Hall–Kier alpha value is -0.460. The van der Waals surface area contributed by atoms with Crippen LogP contribution < -0.4 is 0 Å². The summed E-state index contributed by atoms with van der Waals surface area (Å²) in [6.45, 7) is 8.54. The van der Waals surface area contributed by atoms with Gasteiger partial charge in [0.15, 0.2) is 6.29 Å². The number of aliphatic hydroxyl groups excluding tert-OH is 2. The van der Waals surface area contributed by atoms with Gasteiger partial charge in [0.1, 0.15) is 0 Å². The third-order valence-corrected chi connectivity index (χ3v) is 10.8. The minimum absolute atomic E-state index is 0.0195. The summed E-state index contributed by atoms with van der Waals surface area (Å²) in [6.07, 6.45) is 11.6. The van der Waals surface area contributed by atoms with Gasteiger partial charge in [0.25, 0.3) is 0 Å². The van der Waals surface area contributed by atoms with Gasteiger partial charge in [-0.25, -0.2) is 0 Å². The molecule has 32 heavy (non-hydrogen) atoms. The number of rotatable bonds is 4. The minimum Gasteiger partial charge on any atom is -0.393 e. The molecule has 5 rings (SSSR count). The Labute approximate surface area is 193 Å². The number of hydrogen-bond acceptors (Lipinski definition) is 5. The molecule has 0 aromatic rings. The van der Waals surface area contributed by atoms with Crippen LogP contribution in [0.25, 0.3) is 0 Å². The average molecular weight is 449 g/mol. The molecule has 5 heteroatoms. The SMILES string of the molecule is CC(COC1CCCCO1)[C@H]1CC[C@H]2[C@@H]3C=C[C@@]4(O)C[C@@H](O)C[C@H](O)[C@]4(C)[C@H]3CC[C@]12C. The van der Waals surface area contributed by atoms with E-state index < -0.39 is 23.2 Å². The summed E-state index contributed by atoms with van der Waals surface area (Å²) in [5, 5.41) is 32.9. The van der Waals surface area contributed by atoms with Crippen LogP contribution in [0.15, 0.2) is 12.2 Å². The number of hydrogen-bond donors (Lipinski definition) is 3. The smallest absolute Gasteiger partial charge is 0.157 e. The van der Waals surface area contributed by atoms with Crippen LogP contribution >= 0.6 is 0 Å². The lowest BCUT2D eigenvalue weighted by atomic mass is 9.44. The Kier molecular flexibility index (Phi) is 6.07. The van der Waals surface area contributed by atoms with Crippen LogP contribution in [-0.4, -0.2) is 52.6 Å². The molecule has 182 valence electrons. The summed E-state index contributed by atoms with van der Waals surface area (Å²) in [6, 6.07) is 0. The summed E-state index contributed by atoms with van der Waals surface area (Å²) in [5.41, 5.74) is -1.43. The quantitative estimate of drug-likeness (QED) is 0.566. The fourth-order valence-electron chi connectivity index (χ4n) is 8.90. The Morgan fingerprint density at radius 3 is 2.66 bits per heavy atom. The first-order chi connectivity index (χ1) is 15.2. The highest BCUT2D eigenvalue weighted by Gasteiger charge is 2.65. The molecule has 11 atom stereocenters. The standard InChI is InChI=1S/C27H44O5/c1-17(16-32-24-6-4-5-13-31-24)20-7-8-21-19-9-12-27(30)15-18(28)14-23(29)26(27,3)22(19)10-11-25(20,21)2/h9,12,17-24,28-30H,4-8,10-11,13-16H2,1-3H3/t17?,18-,19-,20+,21-,22-,23-,24?,25+,26-,27+/m0/s1. The van der Waals surface area contributed by atoms with Crippen molar-refractivity contribution < 1.29 is 24.8 Å². The summed E-state index contributed by atoms with van der Waals surface area (Å²) >= 11 is 0. The fourth-order valence-corrected chi connectivity index (χ4v) is 8.90. The van der Waals surface area contributed by atoms with Crippen LogP contribution in [0, 0.1) is 40.4 Å². The maximum Gasteiger partial charge on any atom is 0.157 e. The van der Waals surface area contributed by atoms with Crippen LogP contribution in [0.5, 0.6) is 0 Å². The first kappa shape index (κ1) is 23.3. The van der Waals surface area contributed by atoms with Gasteiger partial charge in [-0.1, -0.05) is 32.9 Å². The fraction of sp³-hybridized carbons (Fsp3) is 0.926. The highest BCUT2D eigenvalue weighted by Crippen LogP contribution is 2.67. The zero-order valence-electron chi connectivity index (χ0n) is 20.2. The van der Waals surface area contributed by atoms with Crippen molar-refractivity contribution in [3.8, 4) is 0 Å². The van der Waals surface area contributed by atoms with Gasteiger partial charge in [-0.3, -0.25) is 0 Å². The van der Waals surface area contributed by atoms with E-state index in [1.807, 2.05) is 6.08 Å². The van der Waals surface area contributed by atoms with Gasteiger partial charge >= 0.3 is 0 Å². The highest BCUT2D eigenvalue weighted by atomic mass is 16.7. The number of fused-ring (bicyclic) bond motifs is 5. The zero-order chi connectivity index (χ0) is 22.7. The van der Waals surface area contributed by atoms with Gasteiger partial charge < -0.3 is 24.8 Å². The first-order valence-corrected chi connectivity index (χ1v) is 13.2. The van der Waals surface area contributed by atoms with Crippen molar-refractivity contribution in [3.63, 3.8) is 0 Å². The maximum absolute atomic E-state index is 11.5. The molecule has 1 aliphatic heterocycles. The molecule has 4 aliphatic carbocycles. The minimum atomic E-state index is -1.11. The van der Waals surface area contributed by atoms with E-state index in [0.717, 1.165) is 38.9 Å². The van der Waals surface area contributed by atoms with Crippen molar-refractivity contribution in [3.05, 3.63) is 12.2 Å². The molecule has 3 saturated carbocycles. The molecule has 0 spiro atoms. The Morgan fingerprint density at radius 2 is 1.91 bits per heavy atom. The topological polar surface area (TPSA) is 79.2 Å². The normalized spacial score (nSPS) is 53.9. The van der Waals surface area contributed by atoms with Crippen molar-refractivity contribution in [2.24, 2.45) is 40.4 Å². The molecule has 1 saturated heterocycles. The summed E-state index contributed by atoms with van der Waals surface area (Å²) in [5.74, 6) is 2.37. The van der Waals surface area contributed by atoms with E-state index >= 15 is 0 Å². The van der Waals surface area contributed by atoms with Crippen LogP contribution in [0.1, 0.15) is 78.6 Å². The third kappa shape index (κ3) is 3.45. The van der Waals surface area contributed by atoms with Crippen molar-refractivity contribution in [2.75, 3.05) is 13.2 Å². The second-order valence-corrected chi connectivity index (χ2v) is 12.3. The van der Waals surface area contributed by atoms with Crippen molar-refractivity contribution in [1.29, 1.82) is 0 Å². The van der Waals surface area contributed by atoms with Crippen molar-refractivity contribution >= 4 is 0 Å². The van der Waals surface area contributed by atoms with Crippen molar-refractivity contribution in [1.82, 2.24) is 0 Å². The summed E-state index contributed by atoms with van der Waals surface area (Å²) in [4.78, 5) is 0. The van der Waals surface area contributed by atoms with Crippen LogP contribution in [-0.2, 0) is 9.47 Å². The van der Waals surface area contributed by atoms with Gasteiger partial charge in [-0.2, -0.15) is 0 Å². The molecule has 4 fully saturated rings. The largest absolute Gasteiger partial charge is 0.393 e. The first-order valence-electron chi connectivity index (χ1n) is 13.2. The van der Waals surface area contributed by atoms with E-state index in [4.69, 9.17) is 9.47 Å². The average Bonchev–Trinajstić information content (AvgIpc) is 3.12. The zero-order valence-corrected chi connectivity index (χ0v) is 20.2. The molecular weight excluding hydrogens is 404 g/mol. The summed E-state index contributed by atoms with van der Waals surface area (Å²) < 4.78 is 12.0. The molecule has 5 nitrogen and oxygen atoms in total. The van der Waals surface area contributed by atoms with E-state index in [1.54, 1.807) is 0 Å². The Bertz CT molecular complexity index is 719. The number of aliphatic hydroxyl groups is 3. The second kappa shape index (κ2) is 8.34. The van der Waals surface area contributed by atoms with Gasteiger partial charge in [0.05, 0.1) is 24.4 Å². The molecule has 0 amide bonds. The van der Waals surface area contributed by atoms with Crippen LogP contribution in [0.4, 0.5) is 0 Å². The lowest BCUT2D eigenvalue weighted by molar-refractivity contribution is -0.217. The molecule has 3 N–H and O–H groups in total. The lowest BCUT2D eigenvalue weighted by Gasteiger charge is -2.63. The van der Waals surface area contributed by atoms with Crippen LogP contribution in [0.2, 0.25) is 0 Å². The van der Waals surface area contributed by atoms with Crippen LogP contribution in [0.3, 0.4) is 0 Å². The Balaban J connectivity index is 1.33. The van der Waals surface area contributed by atoms with Gasteiger partial charge in [0, 0.05) is 24.9 Å². The molecule has 5 aliphatic rings. The monoisotopic (exact) mass is 448 g/mol. The Morgan fingerprint density at radius 1 is 1.09 bits per heavy atom. The van der Waals surface area contributed by atoms with E-state index in [0.29, 0.717) is 36.5 Å². The highest BCUT2D eigenvalue weighted by molar-refractivity contribution is 5.26. The van der Waals surface area contributed by atoms with Gasteiger partial charge in [0.2, 0.25) is 0 Å². The van der Waals surface area contributed by atoms with E-state index in [2.05, 4.69) is 26.8 Å². The van der Waals surface area contributed by atoms with Gasteiger partial charge in [-0.05, 0) is 80.0 Å². The predicted molar refractivity (Wildman–Crippen MR) is 123 cm³/mol. The molecule has 0 aromatic carbocycles. The maximum atomic E-state index is 11.5.